The van der Waals surface area contributed by atoms with Crippen molar-refractivity contribution < 1.29 is 32.6 Å². The molecule has 0 saturated carbocycles. The Balaban J connectivity index is 1.56. The molecule has 7 rings (SSSR count). The van der Waals surface area contributed by atoms with E-state index in [1.54, 1.807) is 17.1 Å². The van der Waals surface area contributed by atoms with E-state index < -0.39 is 47.1 Å². The van der Waals surface area contributed by atoms with Crippen molar-refractivity contribution in [2.45, 2.75) is 12.2 Å². The van der Waals surface area contributed by atoms with E-state index in [9.17, 15) is 18.8 Å². The van der Waals surface area contributed by atoms with Gasteiger partial charge in [-0.2, -0.15) is 0 Å². The van der Waals surface area contributed by atoms with E-state index in [0.29, 0.717) is 11.1 Å². The second kappa shape index (κ2) is 9.53. The molecule has 1 fully saturated rings. The van der Waals surface area contributed by atoms with Crippen LogP contribution in [-0.2, 0) is 9.47 Å². The molecule has 0 spiro atoms. The minimum Gasteiger partial charge on any atom is -0.437 e. The fourth-order valence-corrected chi connectivity index (χ4v) is 6.87. The second-order valence-electron chi connectivity index (χ2n) is 9.67. The molecule has 2 aliphatic heterocycles. The Hall–Kier alpha value is -4.55. The van der Waals surface area contributed by atoms with Gasteiger partial charge in [0, 0.05) is 34.8 Å². The van der Waals surface area contributed by atoms with Crippen molar-refractivity contribution in [2.24, 2.45) is 0 Å². The molecule has 41 heavy (non-hydrogen) atoms. The van der Waals surface area contributed by atoms with Crippen LogP contribution < -0.4 is 15.2 Å². The van der Waals surface area contributed by atoms with Gasteiger partial charge in [0.2, 0.25) is 11.2 Å². The van der Waals surface area contributed by atoms with Gasteiger partial charge in [-0.25, -0.2) is 13.6 Å². The van der Waals surface area contributed by atoms with Crippen LogP contribution >= 0.6 is 11.3 Å². The van der Waals surface area contributed by atoms with Crippen LogP contribution in [0.2, 0.25) is 0 Å². The number of aromatic nitrogens is 1. The summed E-state index contributed by atoms with van der Waals surface area (Å²) >= 11 is 1.41. The highest BCUT2D eigenvalue weighted by Crippen LogP contribution is 2.51. The summed E-state index contributed by atoms with van der Waals surface area (Å²) in [7, 11) is 1.09. The van der Waals surface area contributed by atoms with Crippen molar-refractivity contribution in [3.05, 3.63) is 98.8 Å². The average Bonchev–Trinajstić information content (AvgIpc) is 3.43. The zero-order chi connectivity index (χ0) is 28.4. The molecule has 2 aromatic carbocycles. The molecule has 9 nitrogen and oxygen atoms in total. The highest BCUT2D eigenvalue weighted by Gasteiger charge is 2.47. The van der Waals surface area contributed by atoms with E-state index >= 15 is 4.39 Å². The summed E-state index contributed by atoms with van der Waals surface area (Å²) in [6.07, 6.45) is -0.451. The number of hydrogen-bond donors (Lipinski definition) is 0. The first-order valence-corrected chi connectivity index (χ1v) is 13.6. The number of pyridine rings is 1. The van der Waals surface area contributed by atoms with Gasteiger partial charge in [-0.05, 0) is 34.2 Å². The fraction of sp³-hybridized carbons (Fsp3) is 0.207. The Kier molecular flexibility index (Phi) is 5.91. The quantitative estimate of drug-likeness (QED) is 0.324. The van der Waals surface area contributed by atoms with Gasteiger partial charge in [-0.1, -0.05) is 30.3 Å². The molecule has 1 aliphatic carbocycles. The average molecular weight is 578 g/mol. The van der Waals surface area contributed by atoms with Crippen LogP contribution in [0.25, 0.3) is 21.6 Å². The van der Waals surface area contributed by atoms with Gasteiger partial charge in [0.05, 0.1) is 26.4 Å². The number of hydrogen-bond acceptors (Lipinski definition) is 8. The predicted octanol–water partition coefficient (Wildman–Crippen LogP) is 4.52. The third-order valence-electron chi connectivity index (χ3n) is 7.63. The molecule has 0 radical (unpaired) electrons. The molecule has 1 amide bonds. The predicted molar refractivity (Wildman–Crippen MR) is 145 cm³/mol. The summed E-state index contributed by atoms with van der Waals surface area (Å²) in [6, 6.07) is 12.3. The number of thiophene rings is 1. The standard InChI is InChI=1S/C29H21F2N3O6S/c1-38-29(37)40-26-20(35)8-10-33-25(26)28(36)32-11-12-39-14-21(32)34(33)24-15-4-2-3-5-16(15)27-18(9-13-41-27)22-17(24)6-7-19(30)23(22)31/h2-10,13,21,24H,11-12,14H2,1H3. The normalized spacial score (nSPS) is 18.9. The summed E-state index contributed by atoms with van der Waals surface area (Å²) < 4.78 is 47.6. The van der Waals surface area contributed by atoms with E-state index in [4.69, 9.17) is 9.47 Å². The van der Waals surface area contributed by atoms with Gasteiger partial charge in [-0.3, -0.25) is 19.3 Å². The van der Waals surface area contributed by atoms with Crippen molar-refractivity contribution in [3.8, 4) is 27.3 Å². The Morgan fingerprint density at radius 1 is 1.05 bits per heavy atom. The highest BCUT2D eigenvalue weighted by molar-refractivity contribution is 7.14. The zero-order valence-electron chi connectivity index (χ0n) is 21.5. The largest absolute Gasteiger partial charge is 0.513 e. The van der Waals surface area contributed by atoms with E-state index in [0.717, 1.165) is 29.2 Å². The van der Waals surface area contributed by atoms with E-state index in [2.05, 4.69) is 4.74 Å². The monoisotopic (exact) mass is 577 g/mol. The van der Waals surface area contributed by atoms with Crippen LogP contribution in [0.3, 0.4) is 0 Å². The lowest BCUT2D eigenvalue weighted by Gasteiger charge is -2.51. The third kappa shape index (κ3) is 3.71. The topological polar surface area (TPSA) is 90.3 Å². The molecule has 0 bridgehead atoms. The molecular weight excluding hydrogens is 556 g/mol. The maximum absolute atomic E-state index is 15.8. The smallest absolute Gasteiger partial charge is 0.437 e. The van der Waals surface area contributed by atoms with Crippen LogP contribution in [0, 0.1) is 11.6 Å². The zero-order valence-corrected chi connectivity index (χ0v) is 22.3. The third-order valence-corrected chi connectivity index (χ3v) is 8.58. The van der Waals surface area contributed by atoms with Crippen LogP contribution in [0.15, 0.2) is 64.9 Å². The van der Waals surface area contributed by atoms with Gasteiger partial charge < -0.3 is 19.1 Å². The first kappa shape index (κ1) is 25.4. The second-order valence-corrected chi connectivity index (χ2v) is 10.6. The lowest BCUT2D eigenvalue weighted by atomic mass is 9.92. The molecule has 1 saturated heterocycles. The number of halogens is 2. The number of nitrogens with zero attached hydrogens (tertiary/aromatic N) is 3. The van der Waals surface area contributed by atoms with Crippen molar-refractivity contribution in [2.75, 3.05) is 31.9 Å². The Morgan fingerprint density at radius 3 is 2.71 bits per heavy atom. The molecule has 2 atom stereocenters. The van der Waals surface area contributed by atoms with Crippen molar-refractivity contribution in [1.29, 1.82) is 0 Å². The number of rotatable bonds is 2. The molecule has 12 heteroatoms. The Labute approximate surface area is 235 Å². The van der Waals surface area contributed by atoms with Gasteiger partial charge in [0.15, 0.2) is 17.3 Å². The summed E-state index contributed by atoms with van der Waals surface area (Å²) in [5.41, 5.74) is 1.80. The number of carbonyl (C=O) groups excluding carboxylic acids is 2. The van der Waals surface area contributed by atoms with Crippen LogP contribution in [0.5, 0.6) is 5.75 Å². The van der Waals surface area contributed by atoms with Crippen molar-refractivity contribution in [1.82, 2.24) is 9.58 Å². The SMILES string of the molecule is COC(=O)Oc1c2n(ccc1=O)N(C1c3ccccc3-c3sccc3-c3c1ccc(F)c3F)C1COCCN1C2=O. The lowest BCUT2D eigenvalue weighted by Crippen LogP contribution is -2.66. The van der Waals surface area contributed by atoms with Gasteiger partial charge in [0.25, 0.3) is 5.91 Å². The maximum Gasteiger partial charge on any atom is 0.513 e. The number of carbonyl (C=O) groups is 2. The number of ether oxygens (including phenoxy) is 3. The Morgan fingerprint density at radius 2 is 1.88 bits per heavy atom. The molecule has 2 aromatic heterocycles. The molecule has 3 aliphatic rings. The maximum atomic E-state index is 15.8. The summed E-state index contributed by atoms with van der Waals surface area (Å²) in [5.74, 6) is -3.01. The van der Waals surface area contributed by atoms with Gasteiger partial charge in [-0.15, -0.1) is 11.3 Å². The highest BCUT2D eigenvalue weighted by atomic mass is 32.1. The van der Waals surface area contributed by atoms with Crippen molar-refractivity contribution >= 4 is 23.4 Å². The van der Waals surface area contributed by atoms with Crippen LogP contribution in [-0.4, -0.2) is 54.7 Å². The first-order valence-electron chi connectivity index (χ1n) is 12.7. The van der Waals surface area contributed by atoms with Crippen molar-refractivity contribution in [3.63, 3.8) is 0 Å². The lowest BCUT2D eigenvalue weighted by molar-refractivity contribution is -0.0197. The number of amides is 1. The summed E-state index contributed by atoms with van der Waals surface area (Å²) in [4.78, 5) is 41.2. The number of fused-ring (bicyclic) bond motifs is 7. The molecule has 4 heterocycles. The van der Waals surface area contributed by atoms with E-state index in [-0.39, 0.29) is 31.0 Å². The van der Waals surface area contributed by atoms with Gasteiger partial charge in [0.1, 0.15) is 6.17 Å². The number of benzene rings is 2. The van der Waals surface area contributed by atoms with Crippen LogP contribution in [0.1, 0.15) is 27.7 Å². The molecule has 2 unspecified atom stereocenters. The van der Waals surface area contributed by atoms with Gasteiger partial charge >= 0.3 is 6.16 Å². The minimum absolute atomic E-state index is 0.101. The minimum atomic E-state index is -1.16. The fourth-order valence-electron chi connectivity index (χ4n) is 5.92. The molecule has 0 N–H and O–H groups in total. The molecule has 4 aromatic rings. The Bertz CT molecular complexity index is 1800. The molecule has 208 valence electrons. The summed E-state index contributed by atoms with van der Waals surface area (Å²) in [5, 5.41) is 3.63. The number of morpholine rings is 1. The van der Waals surface area contributed by atoms with E-state index in [1.807, 2.05) is 29.6 Å². The molecular formula is C29H21F2N3O6S. The van der Waals surface area contributed by atoms with Crippen LogP contribution in [0.4, 0.5) is 13.6 Å². The number of methoxy groups -OCH3 is 1. The first-order chi connectivity index (χ1) is 19.9. The summed E-state index contributed by atoms with van der Waals surface area (Å²) in [6.45, 7) is 0.534. The van der Waals surface area contributed by atoms with E-state index in [1.165, 1.54) is 33.2 Å².